The van der Waals surface area contributed by atoms with Gasteiger partial charge in [-0.1, -0.05) is 26.0 Å². The zero-order valence-corrected chi connectivity index (χ0v) is 12.5. The van der Waals surface area contributed by atoms with Crippen molar-refractivity contribution in [2.24, 2.45) is 5.92 Å². The van der Waals surface area contributed by atoms with E-state index in [1.54, 1.807) is 0 Å². The predicted octanol–water partition coefficient (Wildman–Crippen LogP) is 2.26. The minimum absolute atomic E-state index is 0.132. The van der Waals surface area contributed by atoms with Crippen LogP contribution in [0, 0.1) is 5.92 Å². The van der Waals surface area contributed by atoms with Crippen LogP contribution in [0.4, 0.5) is 0 Å². The van der Waals surface area contributed by atoms with Gasteiger partial charge in [0.1, 0.15) is 5.75 Å². The molecule has 1 aliphatic rings. The molecule has 20 heavy (non-hydrogen) atoms. The van der Waals surface area contributed by atoms with E-state index in [0.717, 1.165) is 18.9 Å². The highest BCUT2D eigenvalue weighted by Crippen LogP contribution is 2.19. The topological polar surface area (TPSA) is 50.4 Å². The lowest BCUT2D eigenvalue weighted by Gasteiger charge is -2.19. The normalized spacial score (nSPS) is 20.0. The number of amides is 1. The fraction of sp³-hybridized carbons (Fsp3) is 0.562. The summed E-state index contributed by atoms with van der Waals surface area (Å²) in [6.07, 6.45) is 0.569. The second-order valence-electron chi connectivity index (χ2n) is 5.87. The maximum atomic E-state index is 11.2. The number of hydrogen-bond acceptors (Lipinski definition) is 3. The van der Waals surface area contributed by atoms with Gasteiger partial charge in [0.05, 0.1) is 6.61 Å². The molecule has 0 aromatic heterocycles. The summed E-state index contributed by atoms with van der Waals surface area (Å²) >= 11 is 0. The monoisotopic (exact) mass is 276 g/mol. The summed E-state index contributed by atoms with van der Waals surface area (Å²) in [4.78, 5) is 11.2. The van der Waals surface area contributed by atoms with Gasteiger partial charge >= 0.3 is 0 Å². The lowest BCUT2D eigenvalue weighted by atomic mass is 10.1. The van der Waals surface area contributed by atoms with Crippen molar-refractivity contribution in [3.63, 3.8) is 0 Å². The van der Waals surface area contributed by atoms with E-state index in [2.05, 4.69) is 43.5 Å². The highest BCUT2D eigenvalue weighted by atomic mass is 16.5. The standard InChI is InChI=1S/C16H24N2O2/c1-11(2)10-20-15-6-4-13(5-7-15)12(3)18-14-8-16(19)17-9-14/h4-7,11-12,14,18H,8-10H2,1-3H3,(H,17,19). The van der Waals surface area contributed by atoms with Gasteiger partial charge in [0.25, 0.3) is 0 Å². The molecule has 1 heterocycles. The predicted molar refractivity (Wildman–Crippen MR) is 79.7 cm³/mol. The van der Waals surface area contributed by atoms with Crippen molar-refractivity contribution in [2.75, 3.05) is 13.2 Å². The van der Waals surface area contributed by atoms with Crippen molar-refractivity contribution in [2.45, 2.75) is 39.3 Å². The molecular weight excluding hydrogens is 252 g/mol. The first-order valence-corrected chi connectivity index (χ1v) is 7.30. The van der Waals surface area contributed by atoms with Crippen molar-refractivity contribution in [1.82, 2.24) is 10.6 Å². The summed E-state index contributed by atoms with van der Waals surface area (Å²) in [7, 11) is 0. The first-order valence-electron chi connectivity index (χ1n) is 7.30. The molecule has 1 aliphatic heterocycles. The number of benzene rings is 1. The molecular formula is C16H24N2O2. The van der Waals surface area contributed by atoms with Crippen LogP contribution < -0.4 is 15.4 Å². The minimum Gasteiger partial charge on any atom is -0.493 e. The summed E-state index contributed by atoms with van der Waals surface area (Å²) in [5.74, 6) is 1.57. The Morgan fingerprint density at radius 1 is 1.30 bits per heavy atom. The molecule has 0 bridgehead atoms. The van der Waals surface area contributed by atoms with Gasteiger partial charge in [-0.15, -0.1) is 0 Å². The molecule has 0 radical (unpaired) electrons. The number of carbonyl (C=O) groups excluding carboxylic acids is 1. The number of hydrogen-bond donors (Lipinski definition) is 2. The molecule has 110 valence electrons. The van der Waals surface area contributed by atoms with Crippen LogP contribution >= 0.6 is 0 Å². The highest BCUT2D eigenvalue weighted by molar-refractivity contribution is 5.78. The van der Waals surface area contributed by atoms with Crippen LogP contribution in [-0.4, -0.2) is 25.1 Å². The van der Waals surface area contributed by atoms with Crippen molar-refractivity contribution in [3.8, 4) is 5.75 Å². The third-order valence-corrected chi connectivity index (χ3v) is 3.43. The van der Waals surface area contributed by atoms with E-state index in [-0.39, 0.29) is 18.0 Å². The molecule has 2 N–H and O–H groups in total. The summed E-state index contributed by atoms with van der Waals surface area (Å²) in [5.41, 5.74) is 1.21. The summed E-state index contributed by atoms with van der Waals surface area (Å²) in [6.45, 7) is 7.85. The van der Waals surface area contributed by atoms with E-state index in [0.29, 0.717) is 12.3 Å². The molecule has 0 saturated carbocycles. The Kier molecular flexibility index (Phi) is 5.01. The average molecular weight is 276 g/mol. The largest absolute Gasteiger partial charge is 0.493 e. The van der Waals surface area contributed by atoms with Crippen LogP contribution in [0.1, 0.15) is 38.8 Å². The van der Waals surface area contributed by atoms with Gasteiger partial charge in [0.2, 0.25) is 5.91 Å². The molecule has 1 aromatic rings. The van der Waals surface area contributed by atoms with Gasteiger partial charge in [-0.05, 0) is 30.5 Å². The second-order valence-corrected chi connectivity index (χ2v) is 5.87. The lowest BCUT2D eigenvalue weighted by Crippen LogP contribution is -2.33. The first kappa shape index (κ1) is 14.9. The zero-order valence-electron chi connectivity index (χ0n) is 12.5. The fourth-order valence-corrected chi connectivity index (χ4v) is 2.29. The Morgan fingerprint density at radius 3 is 2.55 bits per heavy atom. The average Bonchev–Trinajstić information content (AvgIpc) is 2.82. The molecule has 1 amide bonds. The van der Waals surface area contributed by atoms with E-state index >= 15 is 0 Å². The Morgan fingerprint density at radius 2 is 2.00 bits per heavy atom. The first-order chi connectivity index (χ1) is 9.54. The molecule has 2 rings (SSSR count). The fourth-order valence-electron chi connectivity index (χ4n) is 2.29. The van der Waals surface area contributed by atoms with Crippen LogP contribution in [-0.2, 0) is 4.79 Å². The van der Waals surface area contributed by atoms with E-state index in [9.17, 15) is 4.79 Å². The van der Waals surface area contributed by atoms with Crippen molar-refractivity contribution >= 4 is 5.91 Å². The molecule has 0 aliphatic carbocycles. The Hall–Kier alpha value is -1.55. The molecule has 0 spiro atoms. The third-order valence-electron chi connectivity index (χ3n) is 3.43. The molecule has 1 aromatic carbocycles. The number of nitrogens with one attached hydrogen (secondary N) is 2. The molecule has 2 unspecified atom stereocenters. The quantitative estimate of drug-likeness (QED) is 0.838. The zero-order chi connectivity index (χ0) is 14.5. The second kappa shape index (κ2) is 6.75. The van der Waals surface area contributed by atoms with E-state index < -0.39 is 0 Å². The molecule has 4 heteroatoms. The van der Waals surface area contributed by atoms with Crippen LogP contribution in [0.5, 0.6) is 5.75 Å². The molecule has 1 fully saturated rings. The summed E-state index contributed by atoms with van der Waals surface area (Å²) in [5, 5.41) is 6.31. The van der Waals surface area contributed by atoms with Gasteiger partial charge in [-0.25, -0.2) is 0 Å². The van der Waals surface area contributed by atoms with E-state index in [4.69, 9.17) is 4.74 Å². The van der Waals surface area contributed by atoms with Gasteiger partial charge < -0.3 is 15.4 Å². The number of ether oxygens (including phenoxy) is 1. The molecule has 1 saturated heterocycles. The van der Waals surface area contributed by atoms with E-state index in [1.165, 1.54) is 5.56 Å². The Bertz CT molecular complexity index is 442. The number of rotatable bonds is 6. The van der Waals surface area contributed by atoms with Crippen LogP contribution in [0.3, 0.4) is 0 Å². The van der Waals surface area contributed by atoms with Crippen LogP contribution in [0.15, 0.2) is 24.3 Å². The highest BCUT2D eigenvalue weighted by Gasteiger charge is 2.22. The molecule has 2 atom stereocenters. The van der Waals surface area contributed by atoms with Crippen LogP contribution in [0.25, 0.3) is 0 Å². The molecule has 4 nitrogen and oxygen atoms in total. The Labute approximate surface area is 120 Å². The van der Waals surface area contributed by atoms with E-state index in [1.807, 2.05) is 12.1 Å². The van der Waals surface area contributed by atoms with Gasteiger partial charge in [0.15, 0.2) is 0 Å². The van der Waals surface area contributed by atoms with Crippen molar-refractivity contribution < 1.29 is 9.53 Å². The SMILES string of the molecule is CC(C)COc1ccc(C(C)NC2CNC(=O)C2)cc1. The third kappa shape index (κ3) is 4.23. The van der Waals surface area contributed by atoms with Gasteiger partial charge in [0, 0.05) is 25.0 Å². The summed E-state index contributed by atoms with van der Waals surface area (Å²) < 4.78 is 5.67. The van der Waals surface area contributed by atoms with Crippen LogP contribution in [0.2, 0.25) is 0 Å². The summed E-state index contributed by atoms with van der Waals surface area (Å²) in [6, 6.07) is 8.64. The van der Waals surface area contributed by atoms with Gasteiger partial charge in [-0.2, -0.15) is 0 Å². The number of carbonyl (C=O) groups is 1. The van der Waals surface area contributed by atoms with Gasteiger partial charge in [-0.3, -0.25) is 4.79 Å². The van der Waals surface area contributed by atoms with Crippen molar-refractivity contribution in [1.29, 1.82) is 0 Å². The maximum Gasteiger partial charge on any atom is 0.221 e. The Balaban J connectivity index is 1.87. The van der Waals surface area contributed by atoms with Crippen molar-refractivity contribution in [3.05, 3.63) is 29.8 Å². The minimum atomic E-state index is 0.132. The lowest BCUT2D eigenvalue weighted by molar-refractivity contribution is -0.119. The maximum absolute atomic E-state index is 11.2. The smallest absolute Gasteiger partial charge is 0.221 e.